The molecule has 0 saturated heterocycles. The van der Waals surface area contributed by atoms with E-state index in [1.807, 2.05) is 30.3 Å². The van der Waals surface area contributed by atoms with E-state index in [1.165, 1.54) is 23.2 Å². The highest BCUT2D eigenvalue weighted by atomic mass is 16.5. The van der Waals surface area contributed by atoms with Crippen molar-refractivity contribution in [3.63, 3.8) is 0 Å². The smallest absolute Gasteiger partial charge is 0.352 e. The Morgan fingerprint density at radius 1 is 0.919 bits per heavy atom. The molecule has 10 nitrogen and oxygen atoms in total. The summed E-state index contributed by atoms with van der Waals surface area (Å²) in [5.74, 6) is 0.709. The predicted octanol–water partition coefficient (Wildman–Crippen LogP) is 2.71. The molecule has 0 bridgehead atoms. The van der Waals surface area contributed by atoms with Gasteiger partial charge in [-0.05, 0) is 36.2 Å². The van der Waals surface area contributed by atoms with Gasteiger partial charge in [0.25, 0.3) is 5.56 Å². The van der Waals surface area contributed by atoms with Crippen LogP contribution in [0.5, 0.6) is 11.5 Å². The quantitative estimate of drug-likeness (QED) is 0.352. The molecule has 0 aliphatic carbocycles. The number of carbonyl (C=O) groups is 1. The number of hydrogen-bond donors (Lipinski definition) is 1. The SMILES string of the molecule is COc1ccc(NC(=O)Cn2nc3n(CCc4ccccc4)c(=O)c4ccccc4n3c2=O)cc1OC. The average Bonchev–Trinajstić information content (AvgIpc) is 3.24. The summed E-state index contributed by atoms with van der Waals surface area (Å²) < 4.78 is 14.4. The molecular weight excluding hydrogens is 474 g/mol. The highest BCUT2D eigenvalue weighted by Crippen LogP contribution is 2.29. The molecular formula is C27H25N5O5. The van der Waals surface area contributed by atoms with Gasteiger partial charge >= 0.3 is 5.69 Å². The van der Waals surface area contributed by atoms with Crippen LogP contribution >= 0.6 is 0 Å². The first kappa shape index (κ1) is 23.9. The Labute approximate surface area is 211 Å². The minimum atomic E-state index is -0.512. The molecule has 0 unspecified atom stereocenters. The van der Waals surface area contributed by atoms with Gasteiger partial charge in [0.05, 0.1) is 25.1 Å². The van der Waals surface area contributed by atoms with Gasteiger partial charge in [-0.15, -0.1) is 5.10 Å². The van der Waals surface area contributed by atoms with Gasteiger partial charge in [0.15, 0.2) is 11.5 Å². The van der Waals surface area contributed by atoms with Crippen molar-refractivity contribution >= 4 is 28.3 Å². The van der Waals surface area contributed by atoms with E-state index in [1.54, 1.807) is 42.5 Å². The molecule has 0 spiro atoms. The molecule has 1 amide bonds. The number of anilines is 1. The van der Waals surface area contributed by atoms with E-state index in [2.05, 4.69) is 10.4 Å². The molecule has 0 atom stereocenters. The van der Waals surface area contributed by atoms with Crippen LogP contribution in [-0.4, -0.2) is 38.9 Å². The highest BCUT2D eigenvalue weighted by Gasteiger charge is 2.19. The van der Waals surface area contributed by atoms with E-state index in [0.29, 0.717) is 41.1 Å². The number of para-hydroxylation sites is 1. The van der Waals surface area contributed by atoms with Crippen LogP contribution in [0, 0.1) is 0 Å². The summed E-state index contributed by atoms with van der Waals surface area (Å²) in [6.45, 7) is -0.0124. The normalized spacial score (nSPS) is 11.1. The molecule has 2 heterocycles. The van der Waals surface area contributed by atoms with Gasteiger partial charge in [-0.25, -0.2) is 13.9 Å². The lowest BCUT2D eigenvalue weighted by molar-refractivity contribution is -0.117. The van der Waals surface area contributed by atoms with Crippen LogP contribution in [0.2, 0.25) is 0 Å². The first-order chi connectivity index (χ1) is 18.0. The summed E-state index contributed by atoms with van der Waals surface area (Å²) >= 11 is 0. The third kappa shape index (κ3) is 4.56. The molecule has 0 aliphatic rings. The Bertz CT molecular complexity index is 1720. The molecule has 5 aromatic rings. The van der Waals surface area contributed by atoms with Gasteiger partial charge in [0, 0.05) is 18.3 Å². The van der Waals surface area contributed by atoms with Gasteiger partial charge in [0.2, 0.25) is 11.7 Å². The molecule has 3 aromatic carbocycles. The second-order valence-corrected chi connectivity index (χ2v) is 8.40. The predicted molar refractivity (Wildman–Crippen MR) is 140 cm³/mol. The van der Waals surface area contributed by atoms with Gasteiger partial charge in [-0.3, -0.25) is 14.2 Å². The van der Waals surface area contributed by atoms with E-state index in [0.717, 1.165) is 10.2 Å². The maximum absolute atomic E-state index is 13.4. The number of nitrogens with one attached hydrogen (secondary N) is 1. The Morgan fingerprint density at radius 3 is 2.41 bits per heavy atom. The van der Waals surface area contributed by atoms with Gasteiger partial charge < -0.3 is 14.8 Å². The topological polar surface area (TPSA) is 109 Å². The van der Waals surface area contributed by atoms with E-state index in [4.69, 9.17) is 9.47 Å². The number of carbonyl (C=O) groups excluding carboxylic acids is 1. The fourth-order valence-electron chi connectivity index (χ4n) is 4.31. The minimum Gasteiger partial charge on any atom is -0.493 e. The molecule has 10 heteroatoms. The molecule has 188 valence electrons. The molecule has 0 aliphatic heterocycles. The number of methoxy groups -OCH3 is 2. The fourth-order valence-corrected chi connectivity index (χ4v) is 4.31. The Morgan fingerprint density at radius 2 is 1.65 bits per heavy atom. The first-order valence-electron chi connectivity index (χ1n) is 11.7. The summed E-state index contributed by atoms with van der Waals surface area (Å²) in [6.07, 6.45) is 0.579. The van der Waals surface area contributed by atoms with Crippen molar-refractivity contribution in [2.45, 2.75) is 19.5 Å². The lowest BCUT2D eigenvalue weighted by Gasteiger charge is -2.10. The van der Waals surface area contributed by atoms with Crippen molar-refractivity contribution in [2.24, 2.45) is 0 Å². The van der Waals surface area contributed by atoms with Crippen molar-refractivity contribution in [1.29, 1.82) is 0 Å². The van der Waals surface area contributed by atoms with Gasteiger partial charge in [-0.1, -0.05) is 42.5 Å². The third-order valence-corrected chi connectivity index (χ3v) is 6.11. The van der Waals surface area contributed by atoms with Crippen LogP contribution in [0.3, 0.4) is 0 Å². The van der Waals surface area contributed by atoms with Gasteiger partial charge in [-0.2, -0.15) is 0 Å². The maximum atomic E-state index is 13.4. The number of amides is 1. The van der Waals surface area contributed by atoms with Crippen LogP contribution in [0.25, 0.3) is 16.7 Å². The van der Waals surface area contributed by atoms with Crippen molar-refractivity contribution in [3.8, 4) is 11.5 Å². The number of benzene rings is 3. The largest absolute Gasteiger partial charge is 0.493 e. The molecule has 0 radical (unpaired) electrons. The maximum Gasteiger partial charge on any atom is 0.352 e. The van der Waals surface area contributed by atoms with E-state index in [-0.39, 0.29) is 17.9 Å². The zero-order valence-corrected chi connectivity index (χ0v) is 20.4. The van der Waals surface area contributed by atoms with Crippen LogP contribution < -0.4 is 26.0 Å². The minimum absolute atomic E-state index is 0.184. The number of hydrogen-bond acceptors (Lipinski definition) is 6. The first-order valence-corrected chi connectivity index (χ1v) is 11.7. The molecule has 0 fully saturated rings. The van der Waals surface area contributed by atoms with Gasteiger partial charge in [0.1, 0.15) is 6.54 Å². The molecule has 0 saturated carbocycles. The van der Waals surface area contributed by atoms with Crippen molar-refractivity contribution in [2.75, 3.05) is 19.5 Å². The standard InChI is InChI=1S/C27H25N5O5/c1-36-22-13-12-19(16-23(22)37-2)28-24(33)17-31-27(35)32-21-11-7-6-10-20(21)25(34)30(26(32)29-31)15-14-18-8-4-3-5-9-18/h3-13,16H,14-15,17H2,1-2H3,(H,28,33). The highest BCUT2D eigenvalue weighted by molar-refractivity contribution is 5.91. The Hall–Kier alpha value is -4.86. The average molecular weight is 500 g/mol. The number of ether oxygens (including phenoxy) is 2. The van der Waals surface area contributed by atoms with E-state index in [9.17, 15) is 14.4 Å². The fraction of sp³-hybridized carbons (Fsp3) is 0.185. The zero-order valence-electron chi connectivity index (χ0n) is 20.4. The number of aryl methyl sites for hydroxylation is 2. The second kappa shape index (κ2) is 10.0. The molecule has 2 aromatic heterocycles. The summed E-state index contributed by atoms with van der Waals surface area (Å²) in [5, 5.41) is 7.55. The van der Waals surface area contributed by atoms with Crippen LogP contribution in [0.1, 0.15) is 5.56 Å². The van der Waals surface area contributed by atoms with E-state index < -0.39 is 11.6 Å². The van der Waals surface area contributed by atoms with E-state index >= 15 is 0 Å². The summed E-state index contributed by atoms with van der Waals surface area (Å²) in [4.78, 5) is 39.6. The van der Waals surface area contributed by atoms with Crippen LogP contribution in [0.15, 0.2) is 82.4 Å². The number of nitrogens with zero attached hydrogens (tertiary/aromatic N) is 4. The molecule has 5 rings (SSSR count). The summed E-state index contributed by atoms with van der Waals surface area (Å²) in [6, 6.07) is 21.6. The Kier molecular flexibility index (Phi) is 6.46. The van der Waals surface area contributed by atoms with Crippen LogP contribution in [-0.2, 0) is 24.3 Å². The third-order valence-electron chi connectivity index (χ3n) is 6.11. The second-order valence-electron chi connectivity index (χ2n) is 8.40. The zero-order chi connectivity index (χ0) is 25.9. The Balaban J connectivity index is 1.51. The monoisotopic (exact) mass is 499 g/mol. The lowest BCUT2D eigenvalue weighted by atomic mass is 10.1. The number of aromatic nitrogens is 4. The number of rotatable bonds is 8. The molecule has 37 heavy (non-hydrogen) atoms. The van der Waals surface area contributed by atoms with Crippen LogP contribution in [0.4, 0.5) is 5.69 Å². The summed E-state index contributed by atoms with van der Waals surface area (Å²) in [7, 11) is 3.02. The molecule has 1 N–H and O–H groups in total. The van der Waals surface area contributed by atoms with Crippen molar-refractivity contribution < 1.29 is 14.3 Å². The van der Waals surface area contributed by atoms with Crippen molar-refractivity contribution in [1.82, 2.24) is 18.7 Å². The van der Waals surface area contributed by atoms with Crippen molar-refractivity contribution in [3.05, 3.63) is 99.2 Å². The lowest BCUT2D eigenvalue weighted by Crippen LogP contribution is -2.29. The summed E-state index contributed by atoms with van der Waals surface area (Å²) in [5.41, 5.74) is 1.21. The number of fused-ring (bicyclic) bond motifs is 3.